The highest BCUT2D eigenvalue weighted by molar-refractivity contribution is 7.13. The van der Waals surface area contributed by atoms with E-state index >= 15 is 0 Å². The molecule has 3 heterocycles. The van der Waals surface area contributed by atoms with Gasteiger partial charge in [0.1, 0.15) is 5.01 Å². The molecule has 1 amide bonds. The monoisotopic (exact) mass is 399 g/mol. The van der Waals surface area contributed by atoms with Gasteiger partial charge in [-0.25, -0.2) is 4.98 Å². The van der Waals surface area contributed by atoms with Crippen molar-refractivity contribution in [3.63, 3.8) is 0 Å². The lowest BCUT2D eigenvalue weighted by molar-refractivity contribution is -0.129. The third-order valence-electron chi connectivity index (χ3n) is 4.89. The molecule has 1 N–H and O–H groups in total. The van der Waals surface area contributed by atoms with E-state index < -0.39 is 0 Å². The summed E-state index contributed by atoms with van der Waals surface area (Å²) < 4.78 is 0. The van der Waals surface area contributed by atoms with Gasteiger partial charge >= 0.3 is 0 Å². The number of amides is 1. The molecule has 136 valence electrons. The number of carbonyl (C=O) groups excluding carboxylic acids is 1. The summed E-state index contributed by atoms with van der Waals surface area (Å²) in [5, 5.41) is 6.43. The third-order valence-corrected chi connectivity index (χ3v) is 5.83. The number of rotatable bonds is 3. The van der Waals surface area contributed by atoms with Crippen LogP contribution in [0.15, 0.2) is 29.6 Å². The van der Waals surface area contributed by atoms with Gasteiger partial charge in [0.25, 0.3) is 0 Å². The normalized spacial score (nSPS) is 21.4. The minimum Gasteiger partial charge on any atom is -0.342 e. The number of nitrogens with zero attached hydrogens (tertiary/aromatic N) is 2. The van der Waals surface area contributed by atoms with Crippen molar-refractivity contribution in [2.75, 3.05) is 26.2 Å². The molecular weight excluding hydrogens is 377 g/mol. The molecule has 0 unspecified atom stereocenters. The lowest BCUT2D eigenvalue weighted by Gasteiger charge is -2.16. The van der Waals surface area contributed by atoms with Crippen LogP contribution >= 0.6 is 36.2 Å². The Hall–Kier alpha value is -1.14. The Morgan fingerprint density at radius 3 is 2.68 bits per heavy atom. The van der Waals surface area contributed by atoms with Crippen molar-refractivity contribution in [1.82, 2.24) is 15.2 Å². The van der Waals surface area contributed by atoms with Gasteiger partial charge in [0.05, 0.1) is 12.1 Å². The lowest BCUT2D eigenvalue weighted by atomic mass is 10.0. The predicted octanol–water partition coefficient (Wildman–Crippen LogP) is 3.18. The maximum atomic E-state index is 12.5. The number of halogens is 2. The molecule has 0 radical (unpaired) electrons. The van der Waals surface area contributed by atoms with Crippen LogP contribution in [0.1, 0.15) is 11.3 Å². The van der Waals surface area contributed by atoms with Gasteiger partial charge in [0.2, 0.25) is 5.91 Å². The minimum atomic E-state index is 0. The number of nitrogens with one attached hydrogen (secondary N) is 1. The van der Waals surface area contributed by atoms with Gasteiger partial charge in [0.15, 0.2) is 0 Å². The molecule has 4 rings (SSSR count). The maximum absolute atomic E-state index is 12.5. The number of benzene rings is 1. The SMILES string of the molecule is Cc1cccc(-c2nc(CC(=O)N3C[C@H]4CNC[C@H]4C3)cs2)c1.Cl.Cl. The Bertz CT molecular complexity index is 725. The van der Waals surface area contributed by atoms with Crippen LogP contribution in [0, 0.1) is 18.8 Å². The van der Waals surface area contributed by atoms with E-state index in [2.05, 4.69) is 35.4 Å². The van der Waals surface area contributed by atoms with Crippen molar-refractivity contribution in [1.29, 1.82) is 0 Å². The molecule has 1 aromatic heterocycles. The minimum absolute atomic E-state index is 0. The highest BCUT2D eigenvalue weighted by Gasteiger charge is 2.37. The Morgan fingerprint density at radius 2 is 2.00 bits per heavy atom. The first-order valence-electron chi connectivity index (χ1n) is 8.19. The molecule has 2 atom stereocenters. The summed E-state index contributed by atoms with van der Waals surface area (Å²) in [6.45, 7) is 6.02. The molecule has 25 heavy (non-hydrogen) atoms. The maximum Gasteiger partial charge on any atom is 0.228 e. The lowest BCUT2D eigenvalue weighted by Crippen LogP contribution is -2.33. The Kier molecular flexibility index (Phi) is 6.86. The number of hydrogen-bond donors (Lipinski definition) is 1. The van der Waals surface area contributed by atoms with Crippen molar-refractivity contribution in [2.24, 2.45) is 11.8 Å². The predicted molar refractivity (Wildman–Crippen MR) is 107 cm³/mol. The largest absolute Gasteiger partial charge is 0.342 e. The molecule has 0 spiro atoms. The van der Waals surface area contributed by atoms with Gasteiger partial charge in [0, 0.05) is 37.1 Å². The Morgan fingerprint density at radius 1 is 1.28 bits per heavy atom. The Labute approximate surface area is 164 Å². The number of thiazole rings is 1. The summed E-state index contributed by atoms with van der Waals surface area (Å²) in [5.74, 6) is 1.52. The number of aromatic nitrogens is 1. The van der Waals surface area contributed by atoms with Crippen LogP contribution < -0.4 is 5.32 Å². The Balaban J connectivity index is 0.00000113. The standard InChI is InChI=1S/C18H21N3OS.2ClH/c1-12-3-2-4-13(5-12)18-20-16(11-23-18)6-17(22)21-9-14-7-19-8-15(14)10-21;;/h2-5,11,14-15,19H,6-10H2,1H3;2*1H/t14-,15+;;. The zero-order chi connectivity index (χ0) is 15.8. The van der Waals surface area contributed by atoms with Crippen molar-refractivity contribution in [3.05, 3.63) is 40.9 Å². The van der Waals surface area contributed by atoms with Gasteiger partial charge in [-0.05, 0) is 24.8 Å². The van der Waals surface area contributed by atoms with E-state index in [1.54, 1.807) is 11.3 Å². The van der Waals surface area contributed by atoms with Crippen LogP contribution in [-0.2, 0) is 11.2 Å². The second kappa shape index (κ2) is 8.49. The van der Waals surface area contributed by atoms with E-state index in [-0.39, 0.29) is 30.7 Å². The zero-order valence-electron chi connectivity index (χ0n) is 14.1. The molecule has 2 fully saturated rings. The van der Waals surface area contributed by atoms with Crippen molar-refractivity contribution >= 4 is 42.1 Å². The third kappa shape index (κ3) is 4.34. The van der Waals surface area contributed by atoms with Crippen LogP contribution in [0.4, 0.5) is 0 Å². The molecule has 2 aliphatic heterocycles. The molecule has 0 bridgehead atoms. The fraction of sp³-hybridized carbons (Fsp3) is 0.444. The highest BCUT2D eigenvalue weighted by atomic mass is 35.5. The second-order valence-electron chi connectivity index (χ2n) is 6.67. The molecule has 2 saturated heterocycles. The molecule has 2 aliphatic rings. The summed E-state index contributed by atoms with van der Waals surface area (Å²) in [6, 6.07) is 8.35. The topological polar surface area (TPSA) is 45.2 Å². The van der Waals surface area contributed by atoms with Crippen molar-refractivity contribution in [2.45, 2.75) is 13.3 Å². The first kappa shape index (κ1) is 20.2. The van der Waals surface area contributed by atoms with Crippen LogP contribution in [0.5, 0.6) is 0 Å². The number of fused-ring (bicyclic) bond motifs is 1. The molecule has 2 aromatic rings. The number of likely N-dealkylation sites (tertiary alicyclic amines) is 1. The van der Waals surface area contributed by atoms with Gasteiger partial charge < -0.3 is 10.2 Å². The highest BCUT2D eigenvalue weighted by Crippen LogP contribution is 2.28. The number of carbonyl (C=O) groups is 1. The van der Waals surface area contributed by atoms with E-state index in [0.29, 0.717) is 18.3 Å². The summed E-state index contributed by atoms with van der Waals surface area (Å²) >= 11 is 1.62. The summed E-state index contributed by atoms with van der Waals surface area (Å²) in [5.41, 5.74) is 3.26. The molecule has 0 aliphatic carbocycles. The van der Waals surface area contributed by atoms with Crippen LogP contribution in [0.2, 0.25) is 0 Å². The van der Waals surface area contributed by atoms with Crippen molar-refractivity contribution < 1.29 is 4.79 Å². The van der Waals surface area contributed by atoms with E-state index in [0.717, 1.165) is 42.4 Å². The van der Waals surface area contributed by atoms with E-state index in [1.807, 2.05) is 16.3 Å². The summed E-state index contributed by atoms with van der Waals surface area (Å²) in [4.78, 5) is 19.2. The summed E-state index contributed by atoms with van der Waals surface area (Å²) in [6.07, 6.45) is 0.426. The van der Waals surface area contributed by atoms with Crippen molar-refractivity contribution in [3.8, 4) is 10.6 Å². The van der Waals surface area contributed by atoms with Gasteiger partial charge in [-0.3, -0.25) is 4.79 Å². The summed E-state index contributed by atoms with van der Waals surface area (Å²) in [7, 11) is 0. The zero-order valence-corrected chi connectivity index (χ0v) is 16.6. The molecule has 1 aromatic carbocycles. The van der Waals surface area contributed by atoms with Crippen LogP contribution in [-0.4, -0.2) is 42.0 Å². The average Bonchev–Trinajstić information content (AvgIpc) is 3.22. The smallest absolute Gasteiger partial charge is 0.228 e. The second-order valence-corrected chi connectivity index (χ2v) is 7.53. The van der Waals surface area contributed by atoms with E-state index in [4.69, 9.17) is 0 Å². The fourth-order valence-electron chi connectivity index (χ4n) is 3.62. The van der Waals surface area contributed by atoms with Crippen LogP contribution in [0.3, 0.4) is 0 Å². The first-order valence-corrected chi connectivity index (χ1v) is 9.07. The quantitative estimate of drug-likeness (QED) is 0.861. The van der Waals surface area contributed by atoms with Gasteiger partial charge in [-0.1, -0.05) is 23.8 Å². The number of hydrogen-bond acceptors (Lipinski definition) is 4. The average molecular weight is 400 g/mol. The molecule has 4 nitrogen and oxygen atoms in total. The fourth-order valence-corrected chi connectivity index (χ4v) is 4.44. The first-order chi connectivity index (χ1) is 11.2. The van der Waals surface area contributed by atoms with Gasteiger partial charge in [-0.2, -0.15) is 0 Å². The molecule has 0 saturated carbocycles. The van der Waals surface area contributed by atoms with Gasteiger partial charge in [-0.15, -0.1) is 36.2 Å². The molecular formula is C18H23Cl2N3OS. The van der Waals surface area contributed by atoms with Crippen LogP contribution in [0.25, 0.3) is 10.6 Å². The van der Waals surface area contributed by atoms with E-state index in [1.165, 1.54) is 5.56 Å². The van der Waals surface area contributed by atoms with E-state index in [9.17, 15) is 4.79 Å². The molecule has 7 heteroatoms. The number of aryl methyl sites for hydroxylation is 1.